The van der Waals surface area contributed by atoms with Crippen molar-refractivity contribution in [2.45, 2.75) is 45.8 Å². The summed E-state index contributed by atoms with van der Waals surface area (Å²) in [5, 5.41) is 0. The molecule has 1 heterocycles. The molecule has 0 bridgehead atoms. The second-order valence-electron chi connectivity index (χ2n) is 7.84. The number of ether oxygens (including phenoxy) is 2. The fraction of sp³-hybridized carbons (Fsp3) is 0.346. The van der Waals surface area contributed by atoms with Crippen LogP contribution >= 0.6 is 0 Å². The van der Waals surface area contributed by atoms with Crippen LogP contribution in [-0.4, -0.2) is 30.6 Å². The van der Waals surface area contributed by atoms with Crippen LogP contribution in [0.4, 0.5) is 0 Å². The summed E-state index contributed by atoms with van der Waals surface area (Å²) in [5.41, 5.74) is 2.26. The number of carbonyl (C=O) groups is 1. The molecule has 0 radical (unpaired) electrons. The highest BCUT2D eigenvalue weighted by atomic mass is 16.5. The predicted octanol–water partition coefficient (Wildman–Crippen LogP) is 5.65. The van der Waals surface area contributed by atoms with E-state index in [-0.39, 0.29) is 17.9 Å². The van der Waals surface area contributed by atoms with Crippen molar-refractivity contribution in [2.75, 3.05) is 13.7 Å². The summed E-state index contributed by atoms with van der Waals surface area (Å²) >= 11 is 0. The Morgan fingerprint density at radius 2 is 1.77 bits per heavy atom. The third kappa shape index (κ3) is 6.14. The number of furan rings is 1. The summed E-state index contributed by atoms with van der Waals surface area (Å²) in [6, 6.07) is 20.0. The predicted molar refractivity (Wildman–Crippen MR) is 121 cm³/mol. The number of para-hydroxylation sites is 1. The maximum absolute atomic E-state index is 12.3. The van der Waals surface area contributed by atoms with Crippen molar-refractivity contribution in [3.8, 4) is 11.5 Å². The molecule has 1 atom stereocenters. The fourth-order valence-electron chi connectivity index (χ4n) is 3.73. The fourth-order valence-corrected chi connectivity index (χ4v) is 3.73. The number of hydrogen-bond acceptors (Lipinski definition) is 4. The van der Waals surface area contributed by atoms with Gasteiger partial charge < -0.3 is 18.8 Å². The van der Waals surface area contributed by atoms with Gasteiger partial charge in [0.05, 0.1) is 26.0 Å². The molecule has 0 unspecified atom stereocenters. The first-order chi connectivity index (χ1) is 15.0. The number of rotatable bonds is 10. The summed E-state index contributed by atoms with van der Waals surface area (Å²) in [5.74, 6) is 2.56. The average Bonchev–Trinajstić information content (AvgIpc) is 3.27. The van der Waals surface area contributed by atoms with Gasteiger partial charge in [0.2, 0.25) is 5.91 Å². The van der Waals surface area contributed by atoms with Gasteiger partial charge in [-0.2, -0.15) is 0 Å². The summed E-state index contributed by atoms with van der Waals surface area (Å²) < 4.78 is 16.9. The first-order valence-electron chi connectivity index (χ1n) is 10.7. The van der Waals surface area contributed by atoms with Gasteiger partial charge in [0.15, 0.2) is 0 Å². The van der Waals surface area contributed by atoms with Crippen molar-refractivity contribution in [1.29, 1.82) is 0 Å². The van der Waals surface area contributed by atoms with Gasteiger partial charge in [-0.1, -0.05) is 30.3 Å². The Morgan fingerprint density at radius 1 is 1.03 bits per heavy atom. The molecule has 3 rings (SSSR count). The highest BCUT2D eigenvalue weighted by Gasteiger charge is 2.21. The molecule has 0 fully saturated rings. The van der Waals surface area contributed by atoms with E-state index >= 15 is 0 Å². The van der Waals surface area contributed by atoms with Gasteiger partial charge in [-0.15, -0.1) is 0 Å². The first-order valence-corrected chi connectivity index (χ1v) is 10.7. The maximum atomic E-state index is 12.3. The molecule has 5 nitrogen and oxygen atoms in total. The van der Waals surface area contributed by atoms with E-state index in [0.717, 1.165) is 34.8 Å². The average molecular weight is 422 g/mol. The van der Waals surface area contributed by atoms with Crippen LogP contribution in [0.2, 0.25) is 0 Å². The van der Waals surface area contributed by atoms with Crippen molar-refractivity contribution < 1.29 is 18.7 Å². The third-order valence-corrected chi connectivity index (χ3v) is 5.23. The Balaban J connectivity index is 1.86. The highest BCUT2D eigenvalue weighted by Crippen LogP contribution is 2.35. The molecular formula is C26H31NO4. The van der Waals surface area contributed by atoms with Gasteiger partial charge in [-0.3, -0.25) is 4.79 Å². The van der Waals surface area contributed by atoms with Crippen LogP contribution in [-0.2, 0) is 11.3 Å². The lowest BCUT2D eigenvalue weighted by Crippen LogP contribution is -2.30. The standard InChI is InChI=1S/C26H31NO4/c1-19(2)31-22-13-11-21(12-14-22)24(25-9-5-6-10-26(25)29-4)15-16-27(20(3)28)18-23-8-7-17-30-23/h5-14,17,19,24H,15-16,18H2,1-4H3/t24-/m1/s1. The lowest BCUT2D eigenvalue weighted by Gasteiger charge is -2.25. The summed E-state index contributed by atoms with van der Waals surface area (Å²) in [6.07, 6.45) is 2.51. The van der Waals surface area contributed by atoms with Crippen LogP contribution in [0, 0.1) is 0 Å². The molecule has 0 saturated heterocycles. The second kappa shape index (κ2) is 10.7. The highest BCUT2D eigenvalue weighted by molar-refractivity contribution is 5.73. The van der Waals surface area contributed by atoms with Gasteiger partial charge >= 0.3 is 0 Å². The minimum atomic E-state index is 0.0239. The third-order valence-electron chi connectivity index (χ3n) is 5.23. The normalized spacial score (nSPS) is 11.9. The van der Waals surface area contributed by atoms with Crippen molar-refractivity contribution in [3.63, 3.8) is 0 Å². The zero-order chi connectivity index (χ0) is 22.2. The van der Waals surface area contributed by atoms with Crippen LogP contribution in [0.5, 0.6) is 11.5 Å². The molecular weight excluding hydrogens is 390 g/mol. The minimum Gasteiger partial charge on any atom is -0.496 e. The van der Waals surface area contributed by atoms with Gasteiger partial charge in [0.1, 0.15) is 17.3 Å². The Morgan fingerprint density at radius 3 is 2.39 bits per heavy atom. The van der Waals surface area contributed by atoms with Crippen LogP contribution in [0.25, 0.3) is 0 Å². The van der Waals surface area contributed by atoms with E-state index in [9.17, 15) is 4.79 Å². The molecule has 164 valence electrons. The van der Waals surface area contributed by atoms with E-state index in [0.29, 0.717) is 13.1 Å². The molecule has 0 aliphatic heterocycles. The molecule has 0 aliphatic carbocycles. The van der Waals surface area contributed by atoms with Crippen LogP contribution in [0.15, 0.2) is 71.3 Å². The smallest absolute Gasteiger partial charge is 0.219 e. The molecule has 0 N–H and O–H groups in total. The Bertz CT molecular complexity index is 948. The van der Waals surface area contributed by atoms with Crippen molar-refractivity contribution in [3.05, 3.63) is 83.8 Å². The zero-order valence-corrected chi connectivity index (χ0v) is 18.7. The zero-order valence-electron chi connectivity index (χ0n) is 18.7. The largest absolute Gasteiger partial charge is 0.496 e. The van der Waals surface area contributed by atoms with Gasteiger partial charge in [0, 0.05) is 24.9 Å². The van der Waals surface area contributed by atoms with Gasteiger partial charge in [0.25, 0.3) is 0 Å². The number of nitrogens with zero attached hydrogens (tertiary/aromatic N) is 1. The van der Waals surface area contributed by atoms with E-state index in [1.807, 2.05) is 61.2 Å². The molecule has 1 aromatic heterocycles. The molecule has 31 heavy (non-hydrogen) atoms. The Labute approximate surface area is 184 Å². The first kappa shape index (κ1) is 22.5. The van der Waals surface area contributed by atoms with Crippen molar-refractivity contribution in [1.82, 2.24) is 4.90 Å². The Kier molecular flexibility index (Phi) is 7.76. The SMILES string of the molecule is COc1ccccc1[C@H](CCN(Cc1ccco1)C(C)=O)c1ccc(OC(C)C)cc1. The molecule has 0 spiro atoms. The molecule has 0 aliphatic rings. The minimum absolute atomic E-state index is 0.0239. The molecule has 0 saturated carbocycles. The molecule has 1 amide bonds. The summed E-state index contributed by atoms with van der Waals surface area (Å²) in [4.78, 5) is 14.1. The van der Waals surface area contributed by atoms with E-state index in [1.165, 1.54) is 0 Å². The topological polar surface area (TPSA) is 51.9 Å². The summed E-state index contributed by atoms with van der Waals surface area (Å²) in [6.45, 7) is 6.69. The molecule has 2 aromatic carbocycles. The van der Waals surface area contributed by atoms with E-state index in [1.54, 1.807) is 20.3 Å². The lowest BCUT2D eigenvalue weighted by molar-refractivity contribution is -0.129. The molecule has 3 aromatic rings. The van der Waals surface area contributed by atoms with Crippen molar-refractivity contribution >= 4 is 5.91 Å². The van der Waals surface area contributed by atoms with Crippen molar-refractivity contribution in [2.24, 2.45) is 0 Å². The Hall–Kier alpha value is -3.21. The van der Waals surface area contributed by atoms with Crippen LogP contribution in [0.3, 0.4) is 0 Å². The molecule has 5 heteroatoms. The monoisotopic (exact) mass is 421 g/mol. The van der Waals surface area contributed by atoms with E-state index < -0.39 is 0 Å². The van der Waals surface area contributed by atoms with Gasteiger partial charge in [-0.05, 0) is 56.2 Å². The second-order valence-corrected chi connectivity index (χ2v) is 7.84. The maximum Gasteiger partial charge on any atom is 0.219 e. The van der Waals surface area contributed by atoms with Gasteiger partial charge in [-0.25, -0.2) is 0 Å². The number of benzene rings is 2. The number of hydrogen-bond donors (Lipinski definition) is 0. The van der Waals surface area contributed by atoms with Crippen LogP contribution in [0.1, 0.15) is 50.0 Å². The van der Waals surface area contributed by atoms with E-state index in [4.69, 9.17) is 13.9 Å². The van der Waals surface area contributed by atoms with E-state index in [2.05, 4.69) is 18.2 Å². The lowest BCUT2D eigenvalue weighted by atomic mass is 9.87. The number of carbonyl (C=O) groups excluding carboxylic acids is 1. The summed E-state index contributed by atoms with van der Waals surface area (Å²) in [7, 11) is 1.69. The number of methoxy groups -OCH3 is 1. The van der Waals surface area contributed by atoms with Crippen LogP contribution < -0.4 is 9.47 Å². The quantitative estimate of drug-likeness (QED) is 0.425. The number of amides is 1.